The highest BCUT2D eigenvalue weighted by molar-refractivity contribution is 4.97. The van der Waals surface area contributed by atoms with E-state index in [0.29, 0.717) is 17.9 Å². The van der Waals surface area contributed by atoms with Gasteiger partial charge in [0.2, 0.25) is 5.89 Å². The van der Waals surface area contributed by atoms with Gasteiger partial charge in [0.1, 0.15) is 0 Å². The topological polar surface area (TPSA) is 64.9 Å². The summed E-state index contributed by atoms with van der Waals surface area (Å²) >= 11 is 0. The van der Waals surface area contributed by atoms with Gasteiger partial charge in [-0.25, -0.2) is 0 Å². The van der Waals surface area contributed by atoms with Gasteiger partial charge in [0.25, 0.3) is 0 Å². The summed E-state index contributed by atoms with van der Waals surface area (Å²) in [6, 6.07) is 0.315. The molecule has 2 aliphatic carbocycles. The van der Waals surface area contributed by atoms with Crippen LogP contribution in [0.4, 0.5) is 0 Å². The van der Waals surface area contributed by atoms with Gasteiger partial charge in [-0.2, -0.15) is 4.98 Å². The third kappa shape index (κ3) is 4.06. The quantitative estimate of drug-likeness (QED) is 0.915. The van der Waals surface area contributed by atoms with Gasteiger partial charge >= 0.3 is 0 Å². The lowest BCUT2D eigenvalue weighted by molar-refractivity contribution is 0.272. The fourth-order valence-electron chi connectivity index (χ4n) is 3.95. The largest absolute Gasteiger partial charge is 0.339 e. The number of nitrogens with two attached hydrogens (primary N) is 1. The first-order valence-electron chi connectivity index (χ1n) is 8.91. The molecular formula is C17H29N3O. The Morgan fingerprint density at radius 1 is 0.905 bits per heavy atom. The molecule has 0 saturated heterocycles. The van der Waals surface area contributed by atoms with E-state index in [0.717, 1.165) is 24.6 Å². The van der Waals surface area contributed by atoms with Crippen LogP contribution in [0, 0.1) is 5.92 Å². The minimum Gasteiger partial charge on any atom is -0.339 e. The first kappa shape index (κ1) is 15.0. The summed E-state index contributed by atoms with van der Waals surface area (Å²) in [5.41, 5.74) is 6.22. The summed E-state index contributed by atoms with van der Waals surface area (Å²) in [6.07, 6.45) is 15.0. The molecule has 1 heterocycles. The van der Waals surface area contributed by atoms with Gasteiger partial charge in [-0.3, -0.25) is 0 Å². The number of hydrogen-bond donors (Lipinski definition) is 1. The van der Waals surface area contributed by atoms with Crippen molar-refractivity contribution in [1.82, 2.24) is 10.1 Å². The van der Waals surface area contributed by atoms with Crippen LogP contribution in [0.3, 0.4) is 0 Å². The number of nitrogens with zero attached hydrogens (tertiary/aromatic N) is 2. The number of rotatable bonds is 3. The fourth-order valence-corrected chi connectivity index (χ4v) is 3.95. The summed E-state index contributed by atoms with van der Waals surface area (Å²) in [7, 11) is 0. The zero-order valence-electron chi connectivity index (χ0n) is 13.1. The summed E-state index contributed by atoms with van der Waals surface area (Å²) in [5, 5.41) is 4.28. The maximum atomic E-state index is 6.22. The predicted octanol–water partition coefficient (Wildman–Crippen LogP) is 3.96. The molecular weight excluding hydrogens is 262 g/mol. The van der Waals surface area contributed by atoms with Crippen molar-refractivity contribution in [3.05, 3.63) is 11.7 Å². The van der Waals surface area contributed by atoms with E-state index < -0.39 is 0 Å². The third-order valence-electron chi connectivity index (χ3n) is 5.36. The Bertz CT molecular complexity index is 423. The van der Waals surface area contributed by atoms with E-state index in [1.54, 1.807) is 0 Å². The molecule has 2 fully saturated rings. The molecule has 2 aliphatic rings. The third-order valence-corrected chi connectivity index (χ3v) is 5.36. The monoisotopic (exact) mass is 291 g/mol. The highest BCUT2D eigenvalue weighted by Crippen LogP contribution is 2.30. The SMILES string of the molecule is NC1CCCCC1Cc1nc(C2CCCCCCC2)no1. The van der Waals surface area contributed by atoms with E-state index >= 15 is 0 Å². The van der Waals surface area contributed by atoms with Crippen molar-refractivity contribution in [2.75, 3.05) is 0 Å². The second-order valence-electron chi connectivity index (χ2n) is 7.00. The predicted molar refractivity (Wildman–Crippen MR) is 83.0 cm³/mol. The van der Waals surface area contributed by atoms with E-state index in [1.165, 1.54) is 64.2 Å². The molecule has 1 aromatic heterocycles. The molecule has 0 spiro atoms. The molecule has 3 rings (SSSR count). The Morgan fingerprint density at radius 2 is 1.57 bits per heavy atom. The van der Waals surface area contributed by atoms with Crippen LogP contribution in [-0.2, 0) is 6.42 Å². The smallest absolute Gasteiger partial charge is 0.226 e. The Labute approximate surface area is 127 Å². The lowest BCUT2D eigenvalue weighted by Crippen LogP contribution is -2.34. The molecule has 2 N–H and O–H groups in total. The summed E-state index contributed by atoms with van der Waals surface area (Å²) < 4.78 is 5.52. The lowest BCUT2D eigenvalue weighted by Gasteiger charge is -2.27. The molecule has 118 valence electrons. The lowest BCUT2D eigenvalue weighted by atomic mass is 9.83. The zero-order valence-corrected chi connectivity index (χ0v) is 13.1. The van der Waals surface area contributed by atoms with E-state index in [1.807, 2.05) is 0 Å². The summed E-state index contributed by atoms with van der Waals surface area (Å²) in [5.74, 6) is 2.82. The van der Waals surface area contributed by atoms with Crippen LogP contribution in [0.25, 0.3) is 0 Å². The van der Waals surface area contributed by atoms with Gasteiger partial charge in [0.15, 0.2) is 5.82 Å². The highest BCUT2D eigenvalue weighted by Gasteiger charge is 2.25. The summed E-state index contributed by atoms with van der Waals surface area (Å²) in [4.78, 5) is 4.70. The van der Waals surface area contributed by atoms with Crippen molar-refractivity contribution in [2.24, 2.45) is 11.7 Å². The molecule has 0 aromatic carbocycles. The second kappa shape index (κ2) is 7.39. The Kier molecular flexibility index (Phi) is 5.28. The van der Waals surface area contributed by atoms with Crippen LogP contribution in [0.1, 0.15) is 88.3 Å². The minimum absolute atomic E-state index is 0.315. The van der Waals surface area contributed by atoms with Gasteiger partial charge in [-0.1, -0.05) is 50.1 Å². The Morgan fingerprint density at radius 3 is 2.33 bits per heavy atom. The van der Waals surface area contributed by atoms with Gasteiger partial charge in [0.05, 0.1) is 0 Å². The molecule has 4 heteroatoms. The minimum atomic E-state index is 0.315. The van der Waals surface area contributed by atoms with E-state index in [4.69, 9.17) is 15.2 Å². The van der Waals surface area contributed by atoms with Crippen LogP contribution in [-0.4, -0.2) is 16.2 Å². The highest BCUT2D eigenvalue weighted by atomic mass is 16.5. The maximum Gasteiger partial charge on any atom is 0.226 e. The van der Waals surface area contributed by atoms with Crippen LogP contribution in [0.15, 0.2) is 4.52 Å². The first-order chi connectivity index (χ1) is 10.3. The van der Waals surface area contributed by atoms with Crippen molar-refractivity contribution in [1.29, 1.82) is 0 Å². The molecule has 4 nitrogen and oxygen atoms in total. The molecule has 0 bridgehead atoms. The van der Waals surface area contributed by atoms with Gasteiger partial charge in [0, 0.05) is 18.4 Å². The Balaban J connectivity index is 1.59. The van der Waals surface area contributed by atoms with Crippen molar-refractivity contribution in [3.8, 4) is 0 Å². The number of aromatic nitrogens is 2. The van der Waals surface area contributed by atoms with E-state index in [9.17, 15) is 0 Å². The van der Waals surface area contributed by atoms with E-state index in [-0.39, 0.29) is 0 Å². The zero-order chi connectivity index (χ0) is 14.5. The fraction of sp³-hybridized carbons (Fsp3) is 0.882. The Hall–Kier alpha value is -0.900. The van der Waals surface area contributed by atoms with Crippen molar-refractivity contribution in [3.63, 3.8) is 0 Å². The maximum absolute atomic E-state index is 6.22. The molecule has 1 aromatic rings. The van der Waals surface area contributed by atoms with Crippen LogP contribution >= 0.6 is 0 Å². The first-order valence-corrected chi connectivity index (χ1v) is 8.91. The molecule has 0 aliphatic heterocycles. The standard InChI is InChI=1S/C17H29N3O/c18-15-11-7-6-10-14(15)12-16-19-17(20-21-16)13-8-4-2-1-3-5-9-13/h13-15H,1-12,18H2. The average molecular weight is 291 g/mol. The molecule has 2 unspecified atom stereocenters. The molecule has 2 saturated carbocycles. The second-order valence-corrected chi connectivity index (χ2v) is 7.00. The van der Waals surface area contributed by atoms with Gasteiger partial charge in [-0.15, -0.1) is 0 Å². The molecule has 2 atom stereocenters. The van der Waals surface area contributed by atoms with Crippen molar-refractivity contribution < 1.29 is 4.52 Å². The van der Waals surface area contributed by atoms with Gasteiger partial charge < -0.3 is 10.3 Å². The molecule has 0 radical (unpaired) electrons. The van der Waals surface area contributed by atoms with Crippen LogP contribution in [0.5, 0.6) is 0 Å². The van der Waals surface area contributed by atoms with Crippen LogP contribution < -0.4 is 5.73 Å². The van der Waals surface area contributed by atoms with E-state index in [2.05, 4.69) is 5.16 Å². The summed E-state index contributed by atoms with van der Waals surface area (Å²) in [6.45, 7) is 0. The average Bonchev–Trinajstić information content (AvgIpc) is 2.89. The normalized spacial score (nSPS) is 29.0. The van der Waals surface area contributed by atoms with Crippen molar-refractivity contribution in [2.45, 2.75) is 89.0 Å². The van der Waals surface area contributed by atoms with Crippen molar-refractivity contribution >= 4 is 0 Å². The number of hydrogen-bond acceptors (Lipinski definition) is 4. The molecule has 0 amide bonds. The van der Waals surface area contributed by atoms with Crippen LogP contribution in [0.2, 0.25) is 0 Å². The molecule has 21 heavy (non-hydrogen) atoms. The van der Waals surface area contributed by atoms with Gasteiger partial charge in [-0.05, 0) is 31.6 Å².